The van der Waals surface area contributed by atoms with Crippen LogP contribution in [0.1, 0.15) is 0 Å². The average molecular weight is 712 g/mol. The summed E-state index contributed by atoms with van der Waals surface area (Å²) in [5.41, 5.74) is 18.4. The van der Waals surface area contributed by atoms with Crippen LogP contribution in [-0.4, -0.2) is 13.4 Å². The van der Waals surface area contributed by atoms with Gasteiger partial charge in [0, 0.05) is 43.8 Å². The van der Waals surface area contributed by atoms with Crippen LogP contribution >= 0.6 is 11.8 Å². The molecule has 0 unspecified atom stereocenters. The van der Waals surface area contributed by atoms with Gasteiger partial charge in [0.1, 0.15) is 0 Å². The lowest BCUT2D eigenvalue weighted by molar-refractivity contribution is 1.23. The van der Waals surface area contributed by atoms with E-state index in [0.717, 1.165) is 0 Å². The van der Waals surface area contributed by atoms with Crippen LogP contribution in [0.15, 0.2) is 192 Å². The molecule has 9 aromatic carbocycles. The van der Waals surface area contributed by atoms with Crippen LogP contribution < -0.4 is 42.6 Å². The number of nitrogens with zero attached hydrogens (tertiary/aromatic N) is 2. The van der Waals surface area contributed by atoms with E-state index in [1.807, 2.05) is 11.8 Å². The number of para-hydroxylation sites is 4. The third-order valence-electron chi connectivity index (χ3n) is 12.4. The van der Waals surface area contributed by atoms with Crippen molar-refractivity contribution in [3.8, 4) is 11.1 Å². The van der Waals surface area contributed by atoms with E-state index in [9.17, 15) is 0 Å². The van der Waals surface area contributed by atoms with Gasteiger partial charge in [-0.05, 0) is 109 Å². The maximum absolute atomic E-state index is 2.61. The summed E-state index contributed by atoms with van der Waals surface area (Å²) in [6.07, 6.45) is 0. The van der Waals surface area contributed by atoms with E-state index in [2.05, 4.69) is 192 Å². The second-order valence-corrected chi connectivity index (χ2v) is 16.3. The smallest absolute Gasteiger partial charge is 0.252 e. The summed E-state index contributed by atoms with van der Waals surface area (Å²) < 4.78 is 0. The summed E-state index contributed by atoms with van der Waals surface area (Å²) in [7, 11) is 0. The highest BCUT2D eigenvalue weighted by molar-refractivity contribution is 8.00. The summed E-state index contributed by atoms with van der Waals surface area (Å²) in [6.45, 7) is 0.266. The van der Waals surface area contributed by atoms with Gasteiger partial charge in [-0.3, -0.25) is 0 Å². The zero-order chi connectivity index (χ0) is 35.8. The van der Waals surface area contributed by atoms with E-state index in [1.165, 1.54) is 109 Å². The number of hydrogen-bond acceptors (Lipinski definition) is 3. The Labute approximate surface area is 324 Å². The fraction of sp³-hybridized carbons (Fsp3) is 0. The van der Waals surface area contributed by atoms with Crippen LogP contribution in [0.5, 0.6) is 0 Å². The normalized spacial score (nSPS) is 14.0. The zero-order valence-electron chi connectivity index (χ0n) is 29.8. The largest absolute Gasteiger partial charge is 0.312 e. The quantitative estimate of drug-likeness (QED) is 0.131. The molecule has 13 rings (SSSR count). The molecule has 55 heavy (non-hydrogen) atoms. The number of benzene rings is 9. The molecule has 0 radical (unpaired) electrons. The monoisotopic (exact) mass is 712 g/mol. The Morgan fingerprint density at radius 1 is 0.345 bits per heavy atom. The van der Waals surface area contributed by atoms with E-state index in [-0.39, 0.29) is 13.4 Å². The molecule has 0 fully saturated rings. The molecule has 0 atom stereocenters. The van der Waals surface area contributed by atoms with Gasteiger partial charge in [-0.25, -0.2) is 0 Å². The molecule has 0 saturated heterocycles. The second kappa shape index (κ2) is 11.1. The van der Waals surface area contributed by atoms with Crippen molar-refractivity contribution in [2.24, 2.45) is 0 Å². The molecule has 0 spiro atoms. The molecule has 5 heteroatoms. The molecule has 4 aliphatic rings. The minimum atomic E-state index is 0.101. The first kappa shape index (κ1) is 30.0. The lowest BCUT2D eigenvalue weighted by Gasteiger charge is -2.49. The van der Waals surface area contributed by atoms with Crippen LogP contribution in [0.3, 0.4) is 0 Å². The van der Waals surface area contributed by atoms with Gasteiger partial charge in [-0.2, -0.15) is 0 Å². The summed E-state index contributed by atoms with van der Waals surface area (Å²) in [5, 5.41) is 5.05. The highest BCUT2D eigenvalue weighted by Gasteiger charge is 2.50. The molecule has 0 aromatic heterocycles. The summed E-state index contributed by atoms with van der Waals surface area (Å²) >= 11 is 1.93. The summed E-state index contributed by atoms with van der Waals surface area (Å²) in [5.74, 6) is 0. The van der Waals surface area contributed by atoms with Crippen molar-refractivity contribution in [3.05, 3.63) is 182 Å². The fourth-order valence-corrected chi connectivity index (χ4v) is 11.4. The molecule has 0 aliphatic carbocycles. The molecule has 9 aromatic rings. The molecule has 4 heterocycles. The van der Waals surface area contributed by atoms with Gasteiger partial charge < -0.3 is 9.80 Å². The first-order valence-electron chi connectivity index (χ1n) is 19.2. The van der Waals surface area contributed by atoms with Crippen molar-refractivity contribution in [2.45, 2.75) is 9.79 Å². The van der Waals surface area contributed by atoms with Gasteiger partial charge >= 0.3 is 0 Å². The van der Waals surface area contributed by atoms with E-state index in [4.69, 9.17) is 0 Å². The zero-order valence-corrected chi connectivity index (χ0v) is 30.6. The van der Waals surface area contributed by atoms with Crippen molar-refractivity contribution < 1.29 is 0 Å². The van der Waals surface area contributed by atoms with Crippen LogP contribution in [0.4, 0.5) is 34.1 Å². The number of anilines is 6. The number of rotatable bonds is 2. The van der Waals surface area contributed by atoms with Gasteiger partial charge in [-0.1, -0.05) is 145 Å². The van der Waals surface area contributed by atoms with Gasteiger partial charge in [0.05, 0.1) is 5.69 Å². The lowest BCUT2D eigenvalue weighted by atomic mass is 9.29. The SMILES string of the molecule is c1ccc2c(c1)Sc1cc3c4c5c1B2c1ccccc1N5c1ccccc1B4c1ccccc1N3c1ccccc1-c1ccc2cc3ccccc3cc2c1. The predicted octanol–water partition coefficient (Wildman–Crippen LogP) is 9.04. The molecular formula is C50H30B2N2S. The third-order valence-corrected chi connectivity index (χ3v) is 13.6. The van der Waals surface area contributed by atoms with E-state index >= 15 is 0 Å². The topological polar surface area (TPSA) is 6.48 Å². The van der Waals surface area contributed by atoms with Crippen molar-refractivity contribution in [2.75, 3.05) is 9.80 Å². The van der Waals surface area contributed by atoms with E-state index in [1.54, 1.807) is 0 Å². The average Bonchev–Trinajstić information content (AvgIpc) is 3.25. The molecule has 0 amide bonds. The van der Waals surface area contributed by atoms with Crippen LogP contribution in [0, 0.1) is 0 Å². The van der Waals surface area contributed by atoms with Crippen molar-refractivity contribution in [1.29, 1.82) is 0 Å². The first-order chi connectivity index (χ1) is 27.3. The molecule has 2 nitrogen and oxygen atoms in total. The molecule has 0 saturated carbocycles. The fourth-order valence-electron chi connectivity index (χ4n) is 10.2. The van der Waals surface area contributed by atoms with E-state index in [0.29, 0.717) is 0 Å². The van der Waals surface area contributed by atoms with Gasteiger partial charge in [-0.15, -0.1) is 0 Å². The maximum atomic E-state index is 2.61. The third kappa shape index (κ3) is 4.03. The standard InChI is InChI=1S/C50H30B2N2S/c1-2-14-32-28-35-29-34(26-25-33(35)27-31(32)13-1)36-15-3-8-20-41(36)53-42-21-9-4-16-37(42)51-38-17-5-10-22-43(38)54-44-23-11-6-18-39(44)52-40-19-7-12-24-46(40)55-47-30-45(53)48(51)50(54)49(47)52/h1-30H. The van der Waals surface area contributed by atoms with Crippen molar-refractivity contribution in [3.63, 3.8) is 0 Å². The predicted molar refractivity (Wildman–Crippen MR) is 236 cm³/mol. The minimum absolute atomic E-state index is 0.101. The Morgan fingerprint density at radius 2 is 0.873 bits per heavy atom. The molecular weight excluding hydrogens is 682 g/mol. The molecule has 4 aliphatic heterocycles. The van der Waals surface area contributed by atoms with Gasteiger partial charge in [0.25, 0.3) is 6.71 Å². The van der Waals surface area contributed by atoms with Gasteiger partial charge in [0.2, 0.25) is 6.71 Å². The van der Waals surface area contributed by atoms with Crippen LogP contribution in [-0.2, 0) is 0 Å². The van der Waals surface area contributed by atoms with Crippen LogP contribution in [0.2, 0.25) is 0 Å². The Kier molecular flexibility index (Phi) is 6.03. The Bertz CT molecular complexity index is 3130. The molecule has 252 valence electrons. The van der Waals surface area contributed by atoms with Crippen LogP contribution in [0.25, 0.3) is 32.7 Å². The summed E-state index contributed by atoms with van der Waals surface area (Å²) in [4.78, 5) is 7.88. The highest BCUT2D eigenvalue weighted by atomic mass is 32.2. The summed E-state index contributed by atoms with van der Waals surface area (Å²) in [6, 6.07) is 68.3. The first-order valence-corrected chi connectivity index (χ1v) is 20.0. The Hall–Kier alpha value is -6.42. The Balaban J connectivity index is 1.11. The lowest BCUT2D eigenvalue weighted by Crippen LogP contribution is -2.68. The second-order valence-electron chi connectivity index (χ2n) is 15.2. The number of fused-ring (bicyclic) bond motifs is 12. The highest BCUT2D eigenvalue weighted by Crippen LogP contribution is 2.49. The maximum Gasteiger partial charge on any atom is 0.252 e. The van der Waals surface area contributed by atoms with Crippen molar-refractivity contribution >= 4 is 114 Å². The number of hydrogen-bond donors (Lipinski definition) is 0. The van der Waals surface area contributed by atoms with E-state index < -0.39 is 0 Å². The molecule has 0 N–H and O–H groups in total. The molecule has 0 bridgehead atoms. The van der Waals surface area contributed by atoms with Gasteiger partial charge in [0.15, 0.2) is 0 Å². The minimum Gasteiger partial charge on any atom is -0.312 e. The Morgan fingerprint density at radius 3 is 1.58 bits per heavy atom. The van der Waals surface area contributed by atoms with Crippen molar-refractivity contribution in [1.82, 2.24) is 0 Å².